The average Bonchev–Trinajstić information content (AvgIpc) is 2.80. The fraction of sp³-hybridized carbons (Fsp3) is 0.0769. The lowest BCUT2D eigenvalue weighted by Crippen LogP contribution is -2.23. The lowest BCUT2D eigenvalue weighted by molar-refractivity contribution is 0.563. The van der Waals surface area contributed by atoms with Crippen LogP contribution in [0.25, 0.3) is 11.3 Å². The summed E-state index contributed by atoms with van der Waals surface area (Å²) in [6.07, 6.45) is 1.41. The number of hydrogen-bond donors (Lipinski definition) is 2. The minimum atomic E-state index is -0.329. The number of hydrogen-bond acceptors (Lipinski definition) is 3. The fourth-order valence-corrected chi connectivity index (χ4v) is 1.61. The minimum absolute atomic E-state index is 0.0627. The maximum absolute atomic E-state index is 13.7. The van der Waals surface area contributed by atoms with Crippen molar-refractivity contribution >= 4 is 23.5 Å². The van der Waals surface area contributed by atoms with Gasteiger partial charge in [-0.15, -0.1) is 0 Å². The van der Waals surface area contributed by atoms with E-state index in [0.717, 1.165) is 5.56 Å². The third-order valence-electron chi connectivity index (χ3n) is 2.38. The molecule has 0 atom stereocenters. The second-order valence-electron chi connectivity index (χ2n) is 3.92. The molecule has 0 spiro atoms. The fourth-order valence-electron chi connectivity index (χ4n) is 1.55. The molecular weight excluding hydrogens is 265 g/mol. The number of thiocarbonyl (C=S) groups is 1. The number of benzene rings is 1. The molecule has 0 aliphatic carbocycles. The lowest BCUT2D eigenvalue weighted by atomic mass is 10.1. The molecule has 0 saturated heterocycles. The molecule has 19 heavy (non-hydrogen) atoms. The van der Waals surface area contributed by atoms with Crippen molar-refractivity contribution in [1.29, 1.82) is 0 Å². The van der Waals surface area contributed by atoms with Gasteiger partial charge in [-0.1, -0.05) is 11.6 Å². The number of nitrogens with two attached hydrogens (primary N) is 1. The van der Waals surface area contributed by atoms with Crippen LogP contribution in [0.3, 0.4) is 0 Å². The molecule has 0 radical (unpaired) electrons. The second-order valence-corrected chi connectivity index (χ2v) is 4.36. The van der Waals surface area contributed by atoms with Gasteiger partial charge in [-0.05, 0) is 43.4 Å². The van der Waals surface area contributed by atoms with Gasteiger partial charge in [0.25, 0.3) is 0 Å². The smallest absolute Gasteiger partial charge is 0.184 e. The van der Waals surface area contributed by atoms with Crippen molar-refractivity contribution in [3.8, 4) is 11.3 Å². The zero-order chi connectivity index (χ0) is 13.8. The van der Waals surface area contributed by atoms with Crippen LogP contribution in [0.5, 0.6) is 0 Å². The van der Waals surface area contributed by atoms with E-state index in [2.05, 4.69) is 22.7 Å². The van der Waals surface area contributed by atoms with Crippen molar-refractivity contribution in [3.63, 3.8) is 0 Å². The Morgan fingerprint density at radius 3 is 2.95 bits per heavy atom. The average molecular weight is 277 g/mol. The summed E-state index contributed by atoms with van der Waals surface area (Å²) >= 11 is 4.60. The van der Waals surface area contributed by atoms with Crippen LogP contribution >= 0.6 is 12.2 Å². The first kappa shape index (κ1) is 13.2. The van der Waals surface area contributed by atoms with E-state index in [-0.39, 0.29) is 10.9 Å². The van der Waals surface area contributed by atoms with Gasteiger partial charge in [0.05, 0.1) is 11.8 Å². The summed E-state index contributed by atoms with van der Waals surface area (Å²) in [4.78, 5) is 0. The van der Waals surface area contributed by atoms with Gasteiger partial charge in [-0.2, -0.15) is 5.10 Å². The summed E-state index contributed by atoms with van der Waals surface area (Å²) in [5, 5.41) is 3.82. The number of nitrogens with zero attached hydrogens (tertiary/aromatic N) is 1. The van der Waals surface area contributed by atoms with E-state index < -0.39 is 0 Å². The Morgan fingerprint density at radius 2 is 2.21 bits per heavy atom. The molecule has 0 bridgehead atoms. The van der Waals surface area contributed by atoms with Gasteiger partial charge in [0, 0.05) is 0 Å². The minimum Gasteiger partial charge on any atom is -0.455 e. The van der Waals surface area contributed by atoms with Crippen LogP contribution in [-0.4, -0.2) is 11.3 Å². The standard InChI is InChI=1S/C13H12FN3OS/c1-8-2-4-11(14)10(6-8)12-5-3-9(18-12)7-16-17-13(15)19/h2-7H,1H3,(H3,15,17,19)/b16-7+. The van der Waals surface area contributed by atoms with Crippen LogP contribution in [0.15, 0.2) is 39.9 Å². The SMILES string of the molecule is Cc1ccc(F)c(-c2ccc(/C=N/NC(N)=S)o2)c1. The number of hydrazone groups is 1. The molecule has 0 aliphatic rings. The number of nitrogens with one attached hydrogen (secondary N) is 1. The lowest BCUT2D eigenvalue weighted by Gasteiger charge is -2.00. The van der Waals surface area contributed by atoms with Gasteiger partial charge < -0.3 is 10.2 Å². The topological polar surface area (TPSA) is 63.5 Å². The molecule has 3 N–H and O–H groups in total. The highest BCUT2D eigenvalue weighted by molar-refractivity contribution is 7.80. The van der Waals surface area contributed by atoms with E-state index in [4.69, 9.17) is 10.2 Å². The maximum atomic E-state index is 13.7. The van der Waals surface area contributed by atoms with Crippen LogP contribution in [0.2, 0.25) is 0 Å². The summed E-state index contributed by atoms with van der Waals surface area (Å²) in [7, 11) is 0. The molecule has 98 valence electrons. The molecule has 1 heterocycles. The molecular formula is C13H12FN3OS. The van der Waals surface area contributed by atoms with Crippen molar-refractivity contribution in [1.82, 2.24) is 5.43 Å². The van der Waals surface area contributed by atoms with Crippen molar-refractivity contribution in [2.24, 2.45) is 10.8 Å². The molecule has 6 heteroatoms. The van der Waals surface area contributed by atoms with Crippen molar-refractivity contribution < 1.29 is 8.81 Å². The van der Waals surface area contributed by atoms with E-state index in [9.17, 15) is 4.39 Å². The predicted molar refractivity (Wildman–Crippen MR) is 76.4 cm³/mol. The highest BCUT2D eigenvalue weighted by Gasteiger charge is 2.09. The van der Waals surface area contributed by atoms with E-state index in [1.54, 1.807) is 24.3 Å². The van der Waals surface area contributed by atoms with Crippen molar-refractivity contribution in [2.45, 2.75) is 6.92 Å². The number of furan rings is 1. The van der Waals surface area contributed by atoms with E-state index in [1.165, 1.54) is 12.3 Å². The Bertz CT molecular complexity index is 637. The number of rotatable bonds is 3. The number of aryl methyl sites for hydroxylation is 1. The highest BCUT2D eigenvalue weighted by Crippen LogP contribution is 2.25. The number of halogens is 1. The van der Waals surface area contributed by atoms with E-state index in [0.29, 0.717) is 17.1 Å². The normalized spacial score (nSPS) is 10.8. The van der Waals surface area contributed by atoms with Crippen LogP contribution < -0.4 is 11.2 Å². The first-order valence-corrected chi connectivity index (χ1v) is 5.92. The van der Waals surface area contributed by atoms with Gasteiger partial charge in [-0.25, -0.2) is 4.39 Å². The molecule has 1 aromatic heterocycles. The van der Waals surface area contributed by atoms with Gasteiger partial charge in [0.2, 0.25) is 0 Å². The molecule has 0 unspecified atom stereocenters. The van der Waals surface area contributed by atoms with Crippen LogP contribution in [0, 0.1) is 12.7 Å². The van der Waals surface area contributed by atoms with Crippen LogP contribution in [0.4, 0.5) is 4.39 Å². The molecule has 0 saturated carbocycles. The summed E-state index contributed by atoms with van der Waals surface area (Å²) in [6, 6.07) is 8.20. The molecule has 0 aliphatic heterocycles. The Labute approximate surface area is 115 Å². The summed E-state index contributed by atoms with van der Waals surface area (Å²) in [5.41, 5.74) is 9.00. The molecule has 1 aromatic carbocycles. The van der Waals surface area contributed by atoms with Crippen LogP contribution in [-0.2, 0) is 0 Å². The van der Waals surface area contributed by atoms with Gasteiger partial charge in [0.15, 0.2) is 5.11 Å². The van der Waals surface area contributed by atoms with E-state index in [1.807, 2.05) is 6.92 Å². The summed E-state index contributed by atoms with van der Waals surface area (Å²) in [6.45, 7) is 1.89. The first-order valence-electron chi connectivity index (χ1n) is 5.51. The Hall–Kier alpha value is -2.21. The zero-order valence-corrected chi connectivity index (χ0v) is 11.0. The summed E-state index contributed by atoms with van der Waals surface area (Å²) < 4.78 is 19.2. The van der Waals surface area contributed by atoms with Gasteiger partial charge in [-0.3, -0.25) is 5.43 Å². The molecule has 2 rings (SSSR count). The Balaban J connectivity index is 2.23. The zero-order valence-electron chi connectivity index (χ0n) is 10.2. The van der Waals surface area contributed by atoms with Crippen molar-refractivity contribution in [2.75, 3.05) is 0 Å². The third-order valence-corrected chi connectivity index (χ3v) is 2.47. The molecule has 4 nitrogen and oxygen atoms in total. The molecule has 0 amide bonds. The Kier molecular flexibility index (Phi) is 3.91. The monoisotopic (exact) mass is 277 g/mol. The largest absolute Gasteiger partial charge is 0.455 e. The second kappa shape index (κ2) is 5.62. The third kappa shape index (κ3) is 3.38. The van der Waals surface area contributed by atoms with Gasteiger partial charge in [0.1, 0.15) is 17.3 Å². The molecule has 0 fully saturated rings. The molecule has 2 aromatic rings. The quantitative estimate of drug-likeness (QED) is 0.514. The highest BCUT2D eigenvalue weighted by atomic mass is 32.1. The first-order chi connectivity index (χ1) is 9.06. The van der Waals surface area contributed by atoms with Crippen LogP contribution in [0.1, 0.15) is 11.3 Å². The van der Waals surface area contributed by atoms with Gasteiger partial charge >= 0.3 is 0 Å². The Morgan fingerprint density at radius 1 is 1.42 bits per heavy atom. The predicted octanol–water partition coefficient (Wildman–Crippen LogP) is 2.56. The van der Waals surface area contributed by atoms with E-state index >= 15 is 0 Å². The maximum Gasteiger partial charge on any atom is 0.184 e. The van der Waals surface area contributed by atoms with Crippen molar-refractivity contribution in [3.05, 3.63) is 47.5 Å². The summed E-state index contributed by atoms with van der Waals surface area (Å²) in [5.74, 6) is 0.585.